The van der Waals surface area contributed by atoms with Gasteiger partial charge in [-0.05, 0) is 17.7 Å². The van der Waals surface area contributed by atoms with Crippen molar-refractivity contribution in [3.05, 3.63) is 35.4 Å². The highest BCUT2D eigenvalue weighted by atomic mass is 35.5. The van der Waals surface area contributed by atoms with Crippen molar-refractivity contribution in [2.45, 2.75) is 4.90 Å². The summed E-state index contributed by atoms with van der Waals surface area (Å²) < 4.78 is 30.0. The van der Waals surface area contributed by atoms with Gasteiger partial charge in [0.05, 0.1) is 4.90 Å². The summed E-state index contributed by atoms with van der Waals surface area (Å²) >= 11 is 5.69. The van der Waals surface area contributed by atoms with Crippen LogP contribution in [0.4, 0.5) is 0 Å². The average Bonchev–Trinajstić information content (AvgIpc) is 2.02. The third-order valence-corrected chi connectivity index (χ3v) is 2.67. The summed E-state index contributed by atoms with van der Waals surface area (Å²) in [7, 11) is -4.17. The molecule has 1 rings (SSSR count). The van der Waals surface area contributed by atoms with E-state index in [0.29, 0.717) is 5.56 Å². The molecule has 0 radical (unpaired) electrons. The fraction of sp³-hybridized carbons (Fsp3) is 0. The molecule has 0 spiro atoms. The predicted octanol–water partition coefficient (Wildman–Crippen LogP) is 2.23. The Morgan fingerprint density at radius 3 is 2.46 bits per heavy atom. The summed E-state index contributed by atoms with van der Waals surface area (Å²) in [5.74, 6) is 0. The Hall–Kier alpha value is -0.840. The zero-order valence-electron chi connectivity index (χ0n) is 6.57. The van der Waals surface area contributed by atoms with Gasteiger partial charge in [-0.15, -0.1) is 0 Å². The molecule has 0 heterocycles. The number of hydrogen-bond donors (Lipinski definition) is 1. The Balaban J connectivity index is 3.34. The van der Waals surface area contributed by atoms with Crippen molar-refractivity contribution < 1.29 is 13.0 Å². The van der Waals surface area contributed by atoms with Crippen molar-refractivity contribution in [2.75, 3.05) is 0 Å². The standard InChI is InChI=1S/C8H7ClO3S/c1-2-6-3-4-7(5-8(6)9)13(10,11)12/h2-5H,1H2,(H,10,11,12). The van der Waals surface area contributed by atoms with E-state index >= 15 is 0 Å². The number of hydrogen-bond acceptors (Lipinski definition) is 2. The highest BCUT2D eigenvalue weighted by molar-refractivity contribution is 7.85. The normalized spacial score (nSPS) is 11.2. The summed E-state index contributed by atoms with van der Waals surface area (Å²) in [5, 5.41) is 0.241. The van der Waals surface area contributed by atoms with Crippen LogP contribution in [-0.4, -0.2) is 13.0 Å². The highest BCUT2D eigenvalue weighted by Crippen LogP contribution is 2.21. The van der Waals surface area contributed by atoms with Crippen molar-refractivity contribution in [3.63, 3.8) is 0 Å². The molecule has 0 bridgehead atoms. The molecule has 5 heteroatoms. The number of halogens is 1. The molecule has 70 valence electrons. The first kappa shape index (κ1) is 10.2. The van der Waals surface area contributed by atoms with Gasteiger partial charge < -0.3 is 0 Å². The molecule has 0 unspecified atom stereocenters. The summed E-state index contributed by atoms with van der Waals surface area (Å²) in [6, 6.07) is 3.91. The van der Waals surface area contributed by atoms with Crippen LogP contribution in [-0.2, 0) is 10.1 Å². The lowest BCUT2D eigenvalue weighted by Gasteiger charge is -2.00. The first-order chi connectivity index (χ1) is 5.95. The topological polar surface area (TPSA) is 54.4 Å². The second-order valence-corrected chi connectivity index (χ2v) is 4.19. The number of rotatable bonds is 2. The zero-order chi connectivity index (χ0) is 10.1. The maximum atomic E-state index is 10.7. The first-order valence-corrected chi connectivity index (χ1v) is 5.16. The average molecular weight is 219 g/mol. The van der Waals surface area contributed by atoms with Crippen LogP contribution in [0.5, 0.6) is 0 Å². The number of benzene rings is 1. The Bertz CT molecular complexity index is 437. The molecule has 0 aliphatic rings. The van der Waals surface area contributed by atoms with Gasteiger partial charge in [-0.1, -0.05) is 30.3 Å². The van der Waals surface area contributed by atoms with Crippen LogP contribution in [0, 0.1) is 0 Å². The van der Waals surface area contributed by atoms with Crippen LogP contribution < -0.4 is 0 Å². The summed E-state index contributed by atoms with van der Waals surface area (Å²) in [6.45, 7) is 3.49. The molecule has 0 aliphatic heterocycles. The van der Waals surface area contributed by atoms with Gasteiger partial charge in [0.15, 0.2) is 0 Å². The molecule has 0 amide bonds. The molecule has 0 aromatic heterocycles. The van der Waals surface area contributed by atoms with Crippen molar-refractivity contribution in [2.24, 2.45) is 0 Å². The van der Waals surface area contributed by atoms with Gasteiger partial charge in [-0.2, -0.15) is 8.42 Å². The molecular formula is C8H7ClO3S. The fourth-order valence-corrected chi connectivity index (χ4v) is 1.66. The quantitative estimate of drug-likeness (QED) is 0.775. The smallest absolute Gasteiger partial charge is 0.282 e. The minimum Gasteiger partial charge on any atom is -0.282 e. The largest absolute Gasteiger partial charge is 0.294 e. The van der Waals surface area contributed by atoms with Gasteiger partial charge >= 0.3 is 0 Å². The van der Waals surface area contributed by atoms with Crippen LogP contribution in [0.2, 0.25) is 5.02 Å². The van der Waals surface area contributed by atoms with Crippen molar-refractivity contribution in [3.8, 4) is 0 Å². The maximum absolute atomic E-state index is 10.7. The molecular weight excluding hydrogens is 212 g/mol. The van der Waals surface area contributed by atoms with Gasteiger partial charge in [0, 0.05) is 5.02 Å². The summed E-state index contributed by atoms with van der Waals surface area (Å²) in [6.07, 6.45) is 1.50. The van der Waals surface area contributed by atoms with Gasteiger partial charge in [-0.3, -0.25) is 4.55 Å². The van der Waals surface area contributed by atoms with Crippen LogP contribution >= 0.6 is 11.6 Å². The lowest BCUT2D eigenvalue weighted by atomic mass is 10.2. The van der Waals surface area contributed by atoms with E-state index in [1.165, 1.54) is 24.3 Å². The van der Waals surface area contributed by atoms with Crippen LogP contribution in [0.15, 0.2) is 29.7 Å². The van der Waals surface area contributed by atoms with Gasteiger partial charge in [0.25, 0.3) is 10.1 Å². The third-order valence-electron chi connectivity index (χ3n) is 1.49. The van der Waals surface area contributed by atoms with E-state index < -0.39 is 10.1 Å². The molecule has 3 nitrogen and oxygen atoms in total. The molecule has 0 fully saturated rings. The molecule has 1 aromatic carbocycles. The van der Waals surface area contributed by atoms with Crippen molar-refractivity contribution in [1.82, 2.24) is 0 Å². The predicted molar refractivity (Wildman–Crippen MR) is 51.4 cm³/mol. The van der Waals surface area contributed by atoms with E-state index in [9.17, 15) is 8.42 Å². The molecule has 1 aromatic rings. The molecule has 0 saturated carbocycles. The van der Waals surface area contributed by atoms with Crippen LogP contribution in [0.1, 0.15) is 5.56 Å². The van der Waals surface area contributed by atoms with E-state index in [4.69, 9.17) is 16.2 Å². The SMILES string of the molecule is C=Cc1ccc(S(=O)(=O)O)cc1Cl. The maximum Gasteiger partial charge on any atom is 0.294 e. The van der Waals surface area contributed by atoms with E-state index in [-0.39, 0.29) is 9.92 Å². The van der Waals surface area contributed by atoms with Crippen molar-refractivity contribution >= 4 is 27.8 Å². The van der Waals surface area contributed by atoms with Gasteiger partial charge in [0.1, 0.15) is 0 Å². The lowest BCUT2D eigenvalue weighted by Crippen LogP contribution is -1.97. The van der Waals surface area contributed by atoms with Crippen molar-refractivity contribution in [1.29, 1.82) is 0 Å². The van der Waals surface area contributed by atoms with Crippen LogP contribution in [0.25, 0.3) is 6.08 Å². The minimum absolute atomic E-state index is 0.219. The Kier molecular flexibility index (Phi) is 2.75. The summed E-state index contributed by atoms with van der Waals surface area (Å²) in [4.78, 5) is -0.219. The zero-order valence-corrected chi connectivity index (χ0v) is 8.14. The van der Waals surface area contributed by atoms with Gasteiger partial charge in [-0.25, -0.2) is 0 Å². The fourth-order valence-electron chi connectivity index (χ4n) is 0.834. The molecule has 0 saturated heterocycles. The molecule has 13 heavy (non-hydrogen) atoms. The molecule has 1 N–H and O–H groups in total. The highest BCUT2D eigenvalue weighted by Gasteiger charge is 2.10. The first-order valence-electron chi connectivity index (χ1n) is 3.34. The monoisotopic (exact) mass is 218 g/mol. The second-order valence-electron chi connectivity index (χ2n) is 2.36. The summed E-state index contributed by atoms with van der Waals surface area (Å²) in [5.41, 5.74) is 0.620. The molecule has 0 atom stereocenters. The molecule has 0 aliphatic carbocycles. The van der Waals surface area contributed by atoms with E-state index in [2.05, 4.69) is 6.58 Å². The minimum atomic E-state index is -4.17. The Labute approximate surface area is 81.4 Å². The van der Waals surface area contributed by atoms with Gasteiger partial charge in [0.2, 0.25) is 0 Å². The second kappa shape index (κ2) is 3.49. The Morgan fingerprint density at radius 2 is 2.08 bits per heavy atom. The van der Waals surface area contributed by atoms with E-state index in [0.717, 1.165) is 0 Å². The van der Waals surface area contributed by atoms with Crippen LogP contribution in [0.3, 0.4) is 0 Å². The lowest BCUT2D eigenvalue weighted by molar-refractivity contribution is 0.483. The third kappa shape index (κ3) is 2.30. The van der Waals surface area contributed by atoms with E-state index in [1.54, 1.807) is 0 Å². The van der Waals surface area contributed by atoms with E-state index in [1.807, 2.05) is 0 Å². The Morgan fingerprint density at radius 1 is 1.46 bits per heavy atom.